The third-order valence-corrected chi connectivity index (χ3v) is 4.70. The van der Waals surface area contributed by atoms with Gasteiger partial charge in [-0.3, -0.25) is 4.79 Å². The van der Waals surface area contributed by atoms with Crippen LogP contribution in [0.3, 0.4) is 0 Å². The lowest BCUT2D eigenvalue weighted by Crippen LogP contribution is -2.15. The fraction of sp³-hybridized carbons (Fsp3) is 0.136. The molecule has 1 N–H and O–H groups in total. The molecule has 0 aliphatic heterocycles. The number of benzene rings is 2. The molecule has 0 spiro atoms. The van der Waals surface area contributed by atoms with Gasteiger partial charge in [-0.25, -0.2) is 9.50 Å². The Kier molecular flexibility index (Phi) is 4.77. The van der Waals surface area contributed by atoms with Gasteiger partial charge >= 0.3 is 6.18 Å². The maximum absolute atomic E-state index is 13.1. The van der Waals surface area contributed by atoms with Gasteiger partial charge in [-0.1, -0.05) is 18.2 Å². The summed E-state index contributed by atoms with van der Waals surface area (Å²) in [4.78, 5) is 16.8. The lowest BCUT2D eigenvalue weighted by Gasteiger charge is -2.13. The Morgan fingerprint density at radius 1 is 1.03 bits per heavy atom. The highest BCUT2D eigenvalue weighted by atomic mass is 19.4. The molecule has 4 aromatic rings. The summed E-state index contributed by atoms with van der Waals surface area (Å²) in [5.74, 6) is -0.618. The van der Waals surface area contributed by atoms with E-state index in [1.54, 1.807) is 35.0 Å². The van der Waals surface area contributed by atoms with Gasteiger partial charge in [-0.15, -0.1) is 0 Å². The van der Waals surface area contributed by atoms with Crippen LogP contribution in [0.15, 0.2) is 60.8 Å². The molecule has 0 aliphatic carbocycles. The van der Waals surface area contributed by atoms with Crippen LogP contribution in [0.5, 0.6) is 0 Å². The SMILES string of the molecule is Cc1cc2nccc(-c3cccc(NC(=O)c4ccc(C)c(C(F)(F)F)c4)c3)n2n1. The van der Waals surface area contributed by atoms with E-state index in [2.05, 4.69) is 15.4 Å². The zero-order chi connectivity index (χ0) is 21.5. The van der Waals surface area contributed by atoms with Crippen LogP contribution in [0.4, 0.5) is 18.9 Å². The van der Waals surface area contributed by atoms with Crippen LogP contribution in [0, 0.1) is 13.8 Å². The highest BCUT2D eigenvalue weighted by molar-refractivity contribution is 6.04. The number of nitrogens with one attached hydrogen (secondary N) is 1. The van der Waals surface area contributed by atoms with Crippen LogP contribution in [-0.2, 0) is 6.18 Å². The van der Waals surface area contributed by atoms with Crippen molar-refractivity contribution < 1.29 is 18.0 Å². The lowest BCUT2D eigenvalue weighted by molar-refractivity contribution is -0.138. The molecule has 0 unspecified atom stereocenters. The van der Waals surface area contributed by atoms with Gasteiger partial charge < -0.3 is 5.32 Å². The number of hydrogen-bond donors (Lipinski definition) is 1. The normalized spacial score (nSPS) is 11.6. The number of hydrogen-bond acceptors (Lipinski definition) is 3. The molecule has 0 fully saturated rings. The summed E-state index contributed by atoms with van der Waals surface area (Å²) in [6, 6.07) is 14.2. The predicted molar refractivity (Wildman–Crippen MR) is 107 cm³/mol. The summed E-state index contributed by atoms with van der Waals surface area (Å²) in [7, 11) is 0. The smallest absolute Gasteiger partial charge is 0.322 e. The van der Waals surface area contributed by atoms with Crippen molar-refractivity contribution in [3.8, 4) is 11.3 Å². The van der Waals surface area contributed by atoms with Crippen molar-refractivity contribution in [3.63, 3.8) is 0 Å². The second kappa shape index (κ2) is 7.29. The number of aryl methyl sites for hydroxylation is 2. The number of nitrogens with zero attached hydrogens (tertiary/aromatic N) is 3. The summed E-state index contributed by atoms with van der Waals surface area (Å²) in [5, 5.41) is 7.10. The summed E-state index contributed by atoms with van der Waals surface area (Å²) in [6.07, 6.45) is -2.85. The molecule has 2 aromatic heterocycles. The second-order valence-corrected chi connectivity index (χ2v) is 6.95. The summed E-state index contributed by atoms with van der Waals surface area (Å²) >= 11 is 0. The van der Waals surface area contributed by atoms with Crippen molar-refractivity contribution in [2.24, 2.45) is 0 Å². The molecular weight excluding hydrogens is 393 g/mol. The Morgan fingerprint density at radius 3 is 2.60 bits per heavy atom. The van der Waals surface area contributed by atoms with E-state index in [9.17, 15) is 18.0 Å². The Bertz CT molecular complexity index is 1260. The quantitative estimate of drug-likeness (QED) is 0.500. The molecule has 0 atom stereocenters. The van der Waals surface area contributed by atoms with Crippen molar-refractivity contribution in [1.82, 2.24) is 14.6 Å². The van der Waals surface area contributed by atoms with Crippen molar-refractivity contribution in [3.05, 3.63) is 83.2 Å². The minimum absolute atomic E-state index is 0.0627. The van der Waals surface area contributed by atoms with Gasteiger partial charge in [0, 0.05) is 29.1 Å². The number of alkyl halides is 3. The van der Waals surface area contributed by atoms with Crippen molar-refractivity contribution in [1.29, 1.82) is 0 Å². The monoisotopic (exact) mass is 410 g/mol. The highest BCUT2D eigenvalue weighted by Gasteiger charge is 2.33. The van der Waals surface area contributed by atoms with Gasteiger partial charge in [0.05, 0.1) is 17.0 Å². The number of aromatic nitrogens is 3. The minimum Gasteiger partial charge on any atom is -0.322 e. The molecule has 0 radical (unpaired) electrons. The van der Waals surface area contributed by atoms with E-state index in [0.717, 1.165) is 23.0 Å². The zero-order valence-electron chi connectivity index (χ0n) is 16.2. The first kappa shape index (κ1) is 19.6. The predicted octanol–water partition coefficient (Wildman–Crippen LogP) is 5.28. The van der Waals surface area contributed by atoms with E-state index in [1.807, 2.05) is 19.1 Å². The molecule has 0 saturated carbocycles. The summed E-state index contributed by atoms with van der Waals surface area (Å²) in [6.45, 7) is 3.23. The maximum Gasteiger partial charge on any atom is 0.416 e. The van der Waals surface area contributed by atoms with Crippen molar-refractivity contribution in [2.75, 3.05) is 5.32 Å². The summed E-state index contributed by atoms with van der Waals surface area (Å²) < 4.78 is 41.1. The number of amides is 1. The zero-order valence-corrected chi connectivity index (χ0v) is 16.2. The molecule has 8 heteroatoms. The first-order chi connectivity index (χ1) is 14.2. The van der Waals surface area contributed by atoms with Gasteiger partial charge in [-0.05, 0) is 49.7 Å². The third-order valence-electron chi connectivity index (χ3n) is 4.70. The summed E-state index contributed by atoms with van der Waals surface area (Å²) in [5.41, 5.74) is 2.71. The van der Waals surface area contributed by atoms with E-state index in [0.29, 0.717) is 11.3 Å². The number of carbonyl (C=O) groups excluding carboxylic acids is 1. The van der Waals surface area contributed by atoms with Gasteiger partial charge in [-0.2, -0.15) is 18.3 Å². The van der Waals surface area contributed by atoms with E-state index >= 15 is 0 Å². The molecular formula is C22H17F3N4O. The first-order valence-electron chi connectivity index (χ1n) is 9.13. The van der Waals surface area contributed by atoms with Crippen LogP contribution in [0.1, 0.15) is 27.2 Å². The lowest BCUT2D eigenvalue weighted by atomic mass is 10.0. The molecule has 2 aromatic carbocycles. The fourth-order valence-electron chi connectivity index (χ4n) is 3.26. The van der Waals surface area contributed by atoms with E-state index < -0.39 is 17.6 Å². The van der Waals surface area contributed by atoms with Gasteiger partial charge in [0.1, 0.15) is 0 Å². The fourth-order valence-corrected chi connectivity index (χ4v) is 3.26. The van der Waals surface area contributed by atoms with E-state index in [-0.39, 0.29) is 11.1 Å². The van der Waals surface area contributed by atoms with E-state index in [1.165, 1.54) is 19.1 Å². The topological polar surface area (TPSA) is 59.3 Å². The van der Waals surface area contributed by atoms with Crippen LogP contribution in [-0.4, -0.2) is 20.5 Å². The molecule has 0 aliphatic rings. The van der Waals surface area contributed by atoms with Gasteiger partial charge in [0.2, 0.25) is 0 Å². The Hall–Kier alpha value is -3.68. The molecule has 152 valence electrons. The maximum atomic E-state index is 13.1. The molecule has 0 saturated heterocycles. The van der Waals surface area contributed by atoms with E-state index in [4.69, 9.17) is 0 Å². The Morgan fingerprint density at radius 2 is 1.83 bits per heavy atom. The second-order valence-electron chi connectivity index (χ2n) is 6.95. The van der Waals surface area contributed by atoms with Crippen molar-refractivity contribution >= 4 is 17.2 Å². The van der Waals surface area contributed by atoms with Crippen molar-refractivity contribution in [2.45, 2.75) is 20.0 Å². The van der Waals surface area contributed by atoms with Crippen LogP contribution in [0.2, 0.25) is 0 Å². The Labute approximate surface area is 170 Å². The molecule has 0 bridgehead atoms. The number of fused-ring (bicyclic) bond motifs is 1. The number of halogens is 3. The van der Waals surface area contributed by atoms with Gasteiger partial charge in [0.25, 0.3) is 5.91 Å². The number of rotatable bonds is 3. The average Bonchev–Trinajstić information content (AvgIpc) is 3.07. The molecule has 5 nitrogen and oxygen atoms in total. The third kappa shape index (κ3) is 3.76. The Balaban J connectivity index is 1.65. The van der Waals surface area contributed by atoms with Crippen LogP contribution >= 0.6 is 0 Å². The highest BCUT2D eigenvalue weighted by Crippen LogP contribution is 2.32. The molecule has 30 heavy (non-hydrogen) atoms. The first-order valence-corrected chi connectivity index (χ1v) is 9.13. The number of anilines is 1. The molecule has 1 amide bonds. The number of carbonyl (C=O) groups is 1. The minimum atomic E-state index is -4.52. The van der Waals surface area contributed by atoms with Gasteiger partial charge in [0.15, 0.2) is 5.65 Å². The average molecular weight is 410 g/mol. The van der Waals surface area contributed by atoms with Crippen LogP contribution < -0.4 is 5.32 Å². The molecule has 2 heterocycles. The van der Waals surface area contributed by atoms with Crippen LogP contribution in [0.25, 0.3) is 16.9 Å². The largest absolute Gasteiger partial charge is 0.416 e. The molecule has 4 rings (SSSR count). The standard InChI is InChI=1S/C22H17F3N4O/c1-13-6-7-16(12-18(13)22(23,24)25)21(30)27-17-5-3-4-15(11-17)19-8-9-26-20-10-14(2)28-29(19)20/h3-12H,1-2H3,(H,27,30).